The highest BCUT2D eigenvalue weighted by molar-refractivity contribution is 7.89. The summed E-state index contributed by atoms with van der Waals surface area (Å²) in [6.45, 7) is -0.227. The molecule has 3 rings (SSSR count). The molecule has 0 spiro atoms. The third-order valence-corrected chi connectivity index (χ3v) is 6.23. The summed E-state index contributed by atoms with van der Waals surface area (Å²) in [6.07, 6.45) is 0. The molecular weight excluding hydrogens is 458 g/mol. The second-order valence-corrected chi connectivity index (χ2v) is 9.53. The van der Waals surface area contributed by atoms with Crippen molar-refractivity contribution in [3.63, 3.8) is 0 Å². The Morgan fingerprint density at radius 3 is 2.16 bits per heavy atom. The van der Waals surface area contributed by atoms with Gasteiger partial charge in [-0.1, -0.05) is 11.6 Å². The first-order valence-electron chi connectivity index (χ1n) is 9.52. The fourth-order valence-electron chi connectivity index (χ4n) is 2.81. The van der Waals surface area contributed by atoms with E-state index in [1.54, 1.807) is 38.0 Å². The van der Waals surface area contributed by atoms with Crippen LogP contribution in [0.15, 0.2) is 29.2 Å². The Labute approximate surface area is 191 Å². The smallest absolute Gasteiger partial charge is 0.249 e. The van der Waals surface area contributed by atoms with Gasteiger partial charge in [0.05, 0.1) is 4.90 Å². The van der Waals surface area contributed by atoms with Gasteiger partial charge in [0.15, 0.2) is 0 Å². The Bertz CT molecular complexity index is 1100. The first kappa shape index (κ1) is 23.6. The van der Waals surface area contributed by atoms with Gasteiger partial charge in [-0.2, -0.15) is 15.0 Å². The van der Waals surface area contributed by atoms with Gasteiger partial charge >= 0.3 is 0 Å². The van der Waals surface area contributed by atoms with Gasteiger partial charge in [-0.15, -0.1) is 0 Å². The van der Waals surface area contributed by atoms with E-state index in [0.717, 1.165) is 0 Å². The van der Waals surface area contributed by atoms with Crippen LogP contribution in [0.2, 0.25) is 5.02 Å². The topological polar surface area (TPSA) is 139 Å². The maximum Gasteiger partial charge on any atom is 0.249 e. The molecule has 0 unspecified atom stereocenters. The van der Waals surface area contributed by atoms with Crippen LogP contribution in [0.3, 0.4) is 0 Å². The minimum Gasteiger partial charge on any atom is -0.347 e. The molecule has 32 heavy (non-hydrogen) atoms. The third-order valence-electron chi connectivity index (χ3n) is 4.50. The summed E-state index contributed by atoms with van der Waals surface area (Å²) >= 11 is 5.80. The van der Waals surface area contributed by atoms with E-state index in [2.05, 4.69) is 19.7 Å². The highest BCUT2D eigenvalue weighted by Crippen LogP contribution is 2.21. The summed E-state index contributed by atoms with van der Waals surface area (Å²) in [6, 6.07) is 5.74. The van der Waals surface area contributed by atoms with Gasteiger partial charge in [-0.25, -0.2) is 13.1 Å². The molecule has 0 saturated carbocycles. The van der Waals surface area contributed by atoms with E-state index in [9.17, 15) is 13.2 Å². The molecule has 172 valence electrons. The highest BCUT2D eigenvalue weighted by Gasteiger charge is 2.36. The van der Waals surface area contributed by atoms with Crippen LogP contribution < -0.4 is 19.4 Å². The number of carbonyl (C=O) groups excluding carboxylic acids is 1. The minimum absolute atomic E-state index is 0.0207. The van der Waals surface area contributed by atoms with Crippen molar-refractivity contribution in [1.82, 2.24) is 24.6 Å². The van der Waals surface area contributed by atoms with Crippen LogP contribution in [0.4, 0.5) is 17.8 Å². The fraction of sp³-hybridized carbons (Fsp3) is 0.389. The van der Waals surface area contributed by atoms with E-state index in [1.165, 1.54) is 34.1 Å². The standard InChI is InChI=1S/C18H24ClN9O3S/c1-25(2)16-22-17(26(3)4)24-18(23-16)28-11-14(29)27(15(28)20)10-9-21-32(30,31)13-7-5-12(19)6-8-13/h5-8,20-21H,9-11H2,1-4H3. The zero-order valence-electron chi connectivity index (χ0n) is 18.1. The molecule has 0 atom stereocenters. The minimum atomic E-state index is -3.77. The number of benzene rings is 1. The number of sulfonamides is 1. The Morgan fingerprint density at radius 1 is 1.06 bits per heavy atom. The van der Waals surface area contributed by atoms with Gasteiger partial charge in [0.1, 0.15) is 6.54 Å². The molecule has 2 heterocycles. The maximum atomic E-state index is 12.5. The molecule has 2 N–H and O–H groups in total. The predicted molar refractivity (Wildman–Crippen MR) is 122 cm³/mol. The van der Waals surface area contributed by atoms with Crippen LogP contribution in [-0.2, 0) is 14.8 Å². The number of guanidine groups is 1. The quantitative estimate of drug-likeness (QED) is 0.541. The van der Waals surface area contributed by atoms with Gasteiger partial charge in [0.25, 0.3) is 0 Å². The van der Waals surface area contributed by atoms with Crippen molar-refractivity contribution in [2.45, 2.75) is 4.90 Å². The Kier molecular flexibility index (Phi) is 6.81. The number of halogens is 1. The summed E-state index contributed by atoms with van der Waals surface area (Å²) in [4.78, 5) is 31.5. The Balaban J connectivity index is 1.72. The van der Waals surface area contributed by atoms with Crippen LogP contribution in [0, 0.1) is 5.41 Å². The van der Waals surface area contributed by atoms with Crippen molar-refractivity contribution in [2.75, 3.05) is 62.5 Å². The van der Waals surface area contributed by atoms with E-state index < -0.39 is 10.0 Å². The summed E-state index contributed by atoms with van der Waals surface area (Å²) in [5.74, 6) is 0.427. The number of hydrogen-bond donors (Lipinski definition) is 2. The second kappa shape index (κ2) is 9.22. The van der Waals surface area contributed by atoms with Gasteiger partial charge in [0, 0.05) is 46.3 Å². The first-order valence-corrected chi connectivity index (χ1v) is 11.4. The van der Waals surface area contributed by atoms with Gasteiger partial charge in [0.2, 0.25) is 39.7 Å². The second-order valence-electron chi connectivity index (χ2n) is 7.33. The monoisotopic (exact) mass is 481 g/mol. The number of anilines is 3. The molecule has 1 aromatic carbocycles. The van der Waals surface area contributed by atoms with Crippen molar-refractivity contribution < 1.29 is 13.2 Å². The summed E-state index contributed by atoms with van der Waals surface area (Å²) in [5.41, 5.74) is 0. The van der Waals surface area contributed by atoms with Crippen LogP contribution in [0.5, 0.6) is 0 Å². The summed E-state index contributed by atoms with van der Waals surface area (Å²) < 4.78 is 27.3. The molecule has 12 nitrogen and oxygen atoms in total. The molecule has 0 bridgehead atoms. The third kappa shape index (κ3) is 5.06. The lowest BCUT2D eigenvalue weighted by atomic mass is 10.4. The maximum absolute atomic E-state index is 12.5. The molecule has 1 fully saturated rings. The Hall–Kier alpha value is -3.03. The average molecular weight is 482 g/mol. The highest BCUT2D eigenvalue weighted by atomic mass is 35.5. The largest absolute Gasteiger partial charge is 0.347 e. The van der Waals surface area contributed by atoms with Crippen molar-refractivity contribution in [3.8, 4) is 0 Å². The number of rotatable bonds is 8. The molecular formula is C18H24ClN9O3S. The van der Waals surface area contributed by atoms with Crippen LogP contribution >= 0.6 is 11.6 Å². The van der Waals surface area contributed by atoms with E-state index in [4.69, 9.17) is 17.0 Å². The molecule has 1 aliphatic rings. The zero-order chi connectivity index (χ0) is 23.6. The van der Waals surface area contributed by atoms with Crippen molar-refractivity contribution in [2.24, 2.45) is 0 Å². The lowest BCUT2D eigenvalue weighted by molar-refractivity contribution is -0.124. The molecule has 1 aromatic heterocycles. The first-order chi connectivity index (χ1) is 15.0. The summed E-state index contributed by atoms with van der Waals surface area (Å²) in [7, 11) is 3.33. The molecule has 1 aliphatic heterocycles. The van der Waals surface area contributed by atoms with E-state index in [-0.39, 0.29) is 42.3 Å². The van der Waals surface area contributed by atoms with Crippen LogP contribution in [0.1, 0.15) is 0 Å². The molecule has 1 saturated heterocycles. The normalized spacial score (nSPS) is 14.3. The lowest BCUT2D eigenvalue weighted by Gasteiger charge is -2.21. The fourth-order valence-corrected chi connectivity index (χ4v) is 3.96. The van der Waals surface area contributed by atoms with E-state index in [0.29, 0.717) is 16.9 Å². The number of aromatic nitrogens is 3. The van der Waals surface area contributed by atoms with Gasteiger partial charge in [-0.05, 0) is 24.3 Å². The number of amides is 1. The summed E-state index contributed by atoms with van der Waals surface area (Å²) in [5, 5.41) is 8.84. The number of nitrogens with zero attached hydrogens (tertiary/aromatic N) is 7. The Morgan fingerprint density at radius 2 is 1.62 bits per heavy atom. The number of hydrogen-bond acceptors (Lipinski definition) is 9. The molecule has 2 aromatic rings. The van der Waals surface area contributed by atoms with Crippen molar-refractivity contribution in [3.05, 3.63) is 29.3 Å². The molecule has 0 radical (unpaired) electrons. The molecule has 0 aliphatic carbocycles. The zero-order valence-corrected chi connectivity index (χ0v) is 19.6. The lowest BCUT2D eigenvalue weighted by Crippen LogP contribution is -2.40. The van der Waals surface area contributed by atoms with Crippen LogP contribution in [0.25, 0.3) is 0 Å². The van der Waals surface area contributed by atoms with Crippen molar-refractivity contribution in [1.29, 1.82) is 5.41 Å². The molecule has 1 amide bonds. The van der Waals surface area contributed by atoms with Crippen molar-refractivity contribution >= 4 is 51.3 Å². The SMILES string of the molecule is CN(C)c1nc(N(C)C)nc(N2CC(=O)N(CCNS(=O)(=O)c3ccc(Cl)cc3)C2=N)n1. The van der Waals surface area contributed by atoms with Gasteiger partial charge in [-0.3, -0.25) is 20.0 Å². The molecule has 14 heteroatoms. The van der Waals surface area contributed by atoms with E-state index in [1.807, 2.05) is 0 Å². The number of nitrogens with one attached hydrogen (secondary N) is 2. The van der Waals surface area contributed by atoms with Crippen LogP contribution in [-0.4, -0.2) is 88.0 Å². The van der Waals surface area contributed by atoms with Gasteiger partial charge < -0.3 is 9.80 Å². The average Bonchev–Trinajstić information content (AvgIpc) is 3.02. The predicted octanol–water partition coefficient (Wildman–Crippen LogP) is 0.219. The number of carbonyl (C=O) groups is 1. The van der Waals surface area contributed by atoms with E-state index >= 15 is 0 Å².